The van der Waals surface area contributed by atoms with Gasteiger partial charge in [-0.25, -0.2) is 12.8 Å². The summed E-state index contributed by atoms with van der Waals surface area (Å²) in [5.74, 6) is -0.338. The predicted molar refractivity (Wildman–Crippen MR) is 85.3 cm³/mol. The summed E-state index contributed by atoms with van der Waals surface area (Å²) >= 11 is 5.80. The fraction of sp³-hybridized carbons (Fsp3) is 0.250. The first-order chi connectivity index (χ1) is 11.0. The minimum atomic E-state index is -3.61. The van der Waals surface area contributed by atoms with Crippen LogP contribution >= 0.6 is 11.6 Å². The molecule has 0 aromatic heterocycles. The number of benzene rings is 2. The average Bonchev–Trinajstić information content (AvgIpc) is 2.56. The fourth-order valence-electron chi connectivity index (χ4n) is 2.48. The van der Waals surface area contributed by atoms with Crippen LogP contribution in [0.15, 0.2) is 53.4 Å². The smallest absolute Gasteiger partial charge is 0.243 e. The van der Waals surface area contributed by atoms with E-state index in [0.717, 1.165) is 5.56 Å². The number of hydrogen-bond acceptors (Lipinski definition) is 3. The van der Waals surface area contributed by atoms with E-state index in [2.05, 4.69) is 0 Å². The van der Waals surface area contributed by atoms with Crippen LogP contribution in [0, 0.1) is 5.82 Å². The maximum Gasteiger partial charge on any atom is 0.243 e. The molecule has 122 valence electrons. The lowest BCUT2D eigenvalue weighted by Gasteiger charge is -2.32. The molecule has 23 heavy (non-hydrogen) atoms. The normalized spacial score (nSPS) is 19.7. The molecule has 1 saturated heterocycles. The van der Waals surface area contributed by atoms with Crippen LogP contribution in [-0.4, -0.2) is 32.4 Å². The van der Waals surface area contributed by atoms with E-state index >= 15 is 0 Å². The van der Waals surface area contributed by atoms with E-state index < -0.39 is 16.1 Å². The zero-order valence-electron chi connectivity index (χ0n) is 12.2. The van der Waals surface area contributed by atoms with Gasteiger partial charge in [-0.1, -0.05) is 23.7 Å². The molecule has 2 aromatic carbocycles. The molecule has 1 fully saturated rings. The molecule has 0 unspecified atom stereocenters. The summed E-state index contributed by atoms with van der Waals surface area (Å²) in [6, 6.07) is 12.0. The second-order valence-electron chi connectivity index (χ2n) is 5.23. The SMILES string of the molecule is O=S(=O)(c1ccc(Cl)cc1)N1CCO[C@@H](c2ccc(F)cc2)C1. The Morgan fingerprint density at radius 1 is 1.09 bits per heavy atom. The number of rotatable bonds is 3. The van der Waals surface area contributed by atoms with Crippen LogP contribution < -0.4 is 0 Å². The third-order valence-corrected chi connectivity index (χ3v) is 5.85. The summed E-state index contributed by atoms with van der Waals surface area (Å²) in [5, 5.41) is 0.482. The topological polar surface area (TPSA) is 46.6 Å². The van der Waals surface area contributed by atoms with Crippen LogP contribution in [0.25, 0.3) is 0 Å². The van der Waals surface area contributed by atoms with E-state index in [9.17, 15) is 12.8 Å². The first-order valence-electron chi connectivity index (χ1n) is 7.09. The van der Waals surface area contributed by atoms with Gasteiger partial charge in [0.2, 0.25) is 10.0 Å². The van der Waals surface area contributed by atoms with Crippen molar-refractivity contribution in [1.29, 1.82) is 0 Å². The molecular weight excluding hydrogens is 341 g/mol. The molecule has 3 rings (SSSR count). The number of ether oxygens (including phenoxy) is 1. The second-order valence-corrected chi connectivity index (χ2v) is 7.60. The Bertz CT molecular complexity index is 778. The van der Waals surface area contributed by atoms with Crippen molar-refractivity contribution in [2.45, 2.75) is 11.0 Å². The van der Waals surface area contributed by atoms with Gasteiger partial charge in [-0.05, 0) is 42.0 Å². The van der Waals surface area contributed by atoms with Gasteiger partial charge in [-0.3, -0.25) is 0 Å². The third-order valence-electron chi connectivity index (χ3n) is 3.72. The summed E-state index contributed by atoms with van der Waals surface area (Å²) in [7, 11) is -3.61. The largest absolute Gasteiger partial charge is 0.371 e. The molecule has 0 N–H and O–H groups in total. The van der Waals surface area contributed by atoms with Crippen molar-refractivity contribution in [1.82, 2.24) is 4.31 Å². The summed E-state index contributed by atoms with van der Waals surface area (Å²) in [5.41, 5.74) is 0.752. The lowest BCUT2D eigenvalue weighted by molar-refractivity contribution is -0.00258. The van der Waals surface area contributed by atoms with Crippen molar-refractivity contribution in [3.8, 4) is 0 Å². The molecule has 1 aliphatic heterocycles. The quantitative estimate of drug-likeness (QED) is 0.849. The molecule has 0 aliphatic carbocycles. The molecular formula is C16H15ClFNO3S. The van der Waals surface area contributed by atoms with Crippen molar-refractivity contribution >= 4 is 21.6 Å². The maximum atomic E-state index is 13.0. The van der Waals surface area contributed by atoms with Crippen molar-refractivity contribution < 1.29 is 17.5 Å². The van der Waals surface area contributed by atoms with Crippen LogP contribution in [0.1, 0.15) is 11.7 Å². The van der Waals surface area contributed by atoms with Gasteiger partial charge in [0, 0.05) is 18.1 Å². The van der Waals surface area contributed by atoms with Crippen molar-refractivity contribution in [2.75, 3.05) is 19.7 Å². The first kappa shape index (κ1) is 16.4. The monoisotopic (exact) mass is 355 g/mol. The summed E-state index contributed by atoms with van der Waals surface area (Å²) in [6.45, 7) is 0.758. The number of halogens is 2. The molecule has 2 aromatic rings. The Labute approximate surface area is 139 Å². The molecule has 0 amide bonds. The van der Waals surface area contributed by atoms with Gasteiger partial charge in [-0.2, -0.15) is 4.31 Å². The van der Waals surface area contributed by atoms with Gasteiger partial charge in [0.1, 0.15) is 5.82 Å². The Balaban J connectivity index is 1.82. The molecule has 7 heteroatoms. The Kier molecular flexibility index (Phi) is 4.68. The summed E-state index contributed by atoms with van der Waals surface area (Å²) in [6.07, 6.45) is -0.411. The van der Waals surface area contributed by atoms with Crippen LogP contribution in [0.4, 0.5) is 4.39 Å². The van der Waals surface area contributed by atoms with Gasteiger partial charge < -0.3 is 4.74 Å². The lowest BCUT2D eigenvalue weighted by atomic mass is 10.1. The highest BCUT2D eigenvalue weighted by Crippen LogP contribution is 2.27. The van der Waals surface area contributed by atoms with Gasteiger partial charge in [0.15, 0.2) is 0 Å². The maximum absolute atomic E-state index is 13.0. The molecule has 1 heterocycles. The Hall–Kier alpha value is -1.47. The van der Waals surface area contributed by atoms with Crippen LogP contribution in [0.2, 0.25) is 5.02 Å². The number of sulfonamides is 1. The second kappa shape index (κ2) is 6.57. The third kappa shape index (κ3) is 3.55. The molecule has 0 radical (unpaired) electrons. The zero-order valence-corrected chi connectivity index (χ0v) is 13.7. The highest BCUT2D eigenvalue weighted by atomic mass is 35.5. The molecule has 0 saturated carbocycles. The highest BCUT2D eigenvalue weighted by Gasteiger charge is 2.31. The molecule has 1 atom stereocenters. The average molecular weight is 356 g/mol. The Morgan fingerprint density at radius 3 is 2.39 bits per heavy atom. The van der Waals surface area contributed by atoms with Gasteiger partial charge in [0.05, 0.1) is 17.6 Å². The molecule has 0 spiro atoms. The van der Waals surface area contributed by atoms with E-state index in [1.165, 1.54) is 28.6 Å². The van der Waals surface area contributed by atoms with Crippen LogP contribution in [0.3, 0.4) is 0 Å². The lowest BCUT2D eigenvalue weighted by Crippen LogP contribution is -2.42. The highest BCUT2D eigenvalue weighted by molar-refractivity contribution is 7.89. The van der Waals surface area contributed by atoms with Crippen LogP contribution in [-0.2, 0) is 14.8 Å². The van der Waals surface area contributed by atoms with Crippen LogP contribution in [0.5, 0.6) is 0 Å². The minimum Gasteiger partial charge on any atom is -0.371 e. The minimum absolute atomic E-state index is 0.191. The molecule has 4 nitrogen and oxygen atoms in total. The fourth-order valence-corrected chi connectivity index (χ4v) is 4.03. The van der Waals surface area contributed by atoms with E-state index in [-0.39, 0.29) is 30.4 Å². The predicted octanol–water partition coefficient (Wildman–Crippen LogP) is 3.24. The number of morpholine rings is 1. The molecule has 0 bridgehead atoms. The van der Waals surface area contributed by atoms with E-state index in [1.54, 1.807) is 24.3 Å². The van der Waals surface area contributed by atoms with E-state index in [1.807, 2.05) is 0 Å². The van der Waals surface area contributed by atoms with Gasteiger partial charge in [-0.15, -0.1) is 0 Å². The zero-order chi connectivity index (χ0) is 16.4. The van der Waals surface area contributed by atoms with E-state index in [0.29, 0.717) is 5.02 Å². The van der Waals surface area contributed by atoms with Crippen molar-refractivity contribution in [3.05, 3.63) is 64.9 Å². The van der Waals surface area contributed by atoms with Gasteiger partial charge in [0.25, 0.3) is 0 Å². The number of nitrogens with zero attached hydrogens (tertiary/aromatic N) is 1. The Morgan fingerprint density at radius 2 is 1.74 bits per heavy atom. The number of hydrogen-bond donors (Lipinski definition) is 0. The summed E-state index contributed by atoms with van der Waals surface area (Å²) < 4.78 is 45.4. The molecule has 1 aliphatic rings. The van der Waals surface area contributed by atoms with Crippen molar-refractivity contribution in [3.63, 3.8) is 0 Å². The van der Waals surface area contributed by atoms with Gasteiger partial charge >= 0.3 is 0 Å². The first-order valence-corrected chi connectivity index (χ1v) is 8.91. The van der Waals surface area contributed by atoms with Crippen molar-refractivity contribution in [2.24, 2.45) is 0 Å². The standard InChI is InChI=1S/C16H15ClFNO3S/c17-13-3-7-15(8-4-13)23(20,21)19-9-10-22-16(11-19)12-1-5-14(18)6-2-12/h1-8,16H,9-11H2/t16-/m1/s1. The van der Waals surface area contributed by atoms with E-state index in [4.69, 9.17) is 16.3 Å². The summed E-state index contributed by atoms with van der Waals surface area (Å²) in [4.78, 5) is 0.196.